The van der Waals surface area contributed by atoms with Crippen LogP contribution < -0.4 is 10.1 Å². The summed E-state index contributed by atoms with van der Waals surface area (Å²) in [6.07, 6.45) is 8.31. The van der Waals surface area contributed by atoms with Crippen molar-refractivity contribution in [2.45, 2.75) is 70.8 Å². The van der Waals surface area contributed by atoms with E-state index in [4.69, 9.17) is 9.47 Å². The third-order valence-electron chi connectivity index (χ3n) is 6.81. The molecule has 2 aliphatic carbocycles. The normalized spacial score (nSPS) is 17.0. The van der Waals surface area contributed by atoms with Crippen LogP contribution in [-0.2, 0) is 9.53 Å². The highest BCUT2D eigenvalue weighted by atomic mass is 19.1. The molecule has 0 spiro atoms. The number of benzene rings is 1. The summed E-state index contributed by atoms with van der Waals surface area (Å²) in [5, 5.41) is 2.68. The Labute approximate surface area is 184 Å². The highest BCUT2D eigenvalue weighted by Crippen LogP contribution is 2.46. The van der Waals surface area contributed by atoms with Crippen molar-refractivity contribution in [2.75, 3.05) is 13.7 Å². The molecule has 0 heterocycles. The smallest absolute Gasteiger partial charge is 0.328 e. The zero-order valence-electron chi connectivity index (χ0n) is 18.8. The number of carbonyl (C=O) groups is 2. The molecule has 0 unspecified atom stereocenters. The number of hydrogen-bond donors (Lipinski definition) is 1. The first-order valence-electron chi connectivity index (χ1n) is 11.3. The van der Waals surface area contributed by atoms with Crippen molar-refractivity contribution >= 4 is 11.9 Å². The van der Waals surface area contributed by atoms with E-state index in [-0.39, 0.29) is 22.8 Å². The Morgan fingerprint density at radius 3 is 2.45 bits per heavy atom. The number of amides is 1. The number of halogens is 1. The molecule has 31 heavy (non-hydrogen) atoms. The van der Waals surface area contributed by atoms with Crippen LogP contribution in [0.4, 0.5) is 4.39 Å². The first-order chi connectivity index (χ1) is 14.9. The van der Waals surface area contributed by atoms with Crippen LogP contribution in [0.5, 0.6) is 5.75 Å². The molecule has 0 aliphatic heterocycles. The predicted molar refractivity (Wildman–Crippen MR) is 118 cm³/mol. The van der Waals surface area contributed by atoms with E-state index in [0.717, 1.165) is 50.5 Å². The summed E-state index contributed by atoms with van der Waals surface area (Å²) in [5.41, 5.74) is 0.784. The van der Waals surface area contributed by atoms with E-state index in [1.165, 1.54) is 13.2 Å². The SMILES string of the molecule is C=CCC(CC)(CC)COc1cc(F)c(C(=O)N[C@H](C(=O)OC)C2CC2)cc1C1CC1. The Hall–Kier alpha value is -2.37. The highest BCUT2D eigenvalue weighted by molar-refractivity contribution is 5.97. The Balaban J connectivity index is 1.81. The maximum atomic E-state index is 15.0. The molecule has 1 aromatic carbocycles. The number of rotatable bonds is 12. The van der Waals surface area contributed by atoms with Crippen molar-refractivity contribution in [1.29, 1.82) is 0 Å². The number of nitrogens with one attached hydrogen (secondary N) is 1. The lowest BCUT2D eigenvalue weighted by Crippen LogP contribution is -2.43. The van der Waals surface area contributed by atoms with Crippen LogP contribution in [0.15, 0.2) is 24.8 Å². The summed E-state index contributed by atoms with van der Waals surface area (Å²) in [6, 6.07) is 2.20. The summed E-state index contributed by atoms with van der Waals surface area (Å²) in [5.74, 6) is -0.866. The van der Waals surface area contributed by atoms with E-state index in [2.05, 4.69) is 25.7 Å². The van der Waals surface area contributed by atoms with Crippen LogP contribution in [0.1, 0.15) is 80.6 Å². The lowest BCUT2D eigenvalue weighted by Gasteiger charge is -2.31. The molecule has 0 bridgehead atoms. The second kappa shape index (κ2) is 9.84. The van der Waals surface area contributed by atoms with Crippen molar-refractivity contribution < 1.29 is 23.5 Å². The minimum absolute atomic E-state index is 0.0346. The van der Waals surface area contributed by atoms with Crippen LogP contribution in [0, 0.1) is 17.2 Å². The Kier molecular flexibility index (Phi) is 7.39. The molecule has 6 heteroatoms. The van der Waals surface area contributed by atoms with Gasteiger partial charge in [0.15, 0.2) is 0 Å². The molecule has 1 N–H and O–H groups in total. The number of carbonyl (C=O) groups excluding carboxylic acids is 2. The lowest BCUT2D eigenvalue weighted by molar-refractivity contribution is -0.143. The van der Waals surface area contributed by atoms with E-state index in [1.54, 1.807) is 6.07 Å². The fourth-order valence-electron chi connectivity index (χ4n) is 4.07. The largest absolute Gasteiger partial charge is 0.493 e. The van der Waals surface area contributed by atoms with E-state index in [9.17, 15) is 14.0 Å². The quantitative estimate of drug-likeness (QED) is 0.367. The standard InChI is InChI=1S/C25H34FNO4/c1-5-12-25(6-2,7-3)15-31-21-14-20(26)19(13-18(21)16-8-9-16)23(28)27-22(17-10-11-17)24(29)30-4/h5,13-14,16-17,22H,1,6-12,15H2,2-4H3,(H,27,28)/t22-/m0/s1. The summed E-state index contributed by atoms with van der Waals surface area (Å²) < 4.78 is 25.9. The van der Waals surface area contributed by atoms with Gasteiger partial charge in [-0.1, -0.05) is 19.9 Å². The maximum absolute atomic E-state index is 15.0. The third kappa shape index (κ3) is 5.46. The minimum Gasteiger partial charge on any atom is -0.493 e. The van der Waals surface area contributed by atoms with Gasteiger partial charge in [0.2, 0.25) is 0 Å². The van der Waals surface area contributed by atoms with Crippen molar-refractivity contribution in [1.82, 2.24) is 5.32 Å². The van der Waals surface area contributed by atoms with Gasteiger partial charge in [-0.3, -0.25) is 4.79 Å². The Morgan fingerprint density at radius 1 is 1.26 bits per heavy atom. The van der Waals surface area contributed by atoms with E-state index in [0.29, 0.717) is 12.4 Å². The van der Waals surface area contributed by atoms with Gasteiger partial charge in [0.05, 0.1) is 19.3 Å². The molecule has 0 aromatic heterocycles. The van der Waals surface area contributed by atoms with Crippen LogP contribution in [0.3, 0.4) is 0 Å². The fourth-order valence-corrected chi connectivity index (χ4v) is 4.07. The van der Waals surface area contributed by atoms with Gasteiger partial charge in [-0.15, -0.1) is 6.58 Å². The Bertz CT molecular complexity index is 825. The van der Waals surface area contributed by atoms with Gasteiger partial charge < -0.3 is 14.8 Å². The predicted octanol–water partition coefficient (Wildman–Crippen LogP) is 5.15. The molecule has 1 aromatic rings. The lowest BCUT2D eigenvalue weighted by atomic mass is 9.80. The number of methoxy groups -OCH3 is 1. The van der Waals surface area contributed by atoms with Crippen LogP contribution in [0.2, 0.25) is 0 Å². The molecule has 3 rings (SSSR count). The zero-order chi connectivity index (χ0) is 22.6. The molecule has 2 aliphatic rings. The molecule has 0 saturated heterocycles. The van der Waals surface area contributed by atoms with E-state index >= 15 is 0 Å². The van der Waals surface area contributed by atoms with Crippen LogP contribution in [-0.4, -0.2) is 31.6 Å². The van der Waals surface area contributed by atoms with Crippen LogP contribution >= 0.6 is 0 Å². The van der Waals surface area contributed by atoms with Gasteiger partial charge in [0.25, 0.3) is 5.91 Å². The van der Waals surface area contributed by atoms with Crippen molar-refractivity contribution in [2.24, 2.45) is 11.3 Å². The maximum Gasteiger partial charge on any atom is 0.328 e. The highest BCUT2D eigenvalue weighted by Gasteiger charge is 2.39. The van der Waals surface area contributed by atoms with Gasteiger partial charge in [0.1, 0.15) is 17.6 Å². The monoisotopic (exact) mass is 431 g/mol. The summed E-state index contributed by atoms with van der Waals surface area (Å²) >= 11 is 0. The molecule has 1 amide bonds. The second-order valence-electron chi connectivity index (χ2n) is 8.94. The fraction of sp³-hybridized carbons (Fsp3) is 0.600. The summed E-state index contributed by atoms with van der Waals surface area (Å²) in [7, 11) is 1.29. The van der Waals surface area contributed by atoms with Crippen LogP contribution in [0.25, 0.3) is 0 Å². The minimum atomic E-state index is -0.731. The third-order valence-corrected chi connectivity index (χ3v) is 6.81. The van der Waals surface area contributed by atoms with Crippen molar-refractivity contribution in [3.05, 3.63) is 41.7 Å². The van der Waals surface area contributed by atoms with Gasteiger partial charge in [0, 0.05) is 11.5 Å². The summed E-state index contributed by atoms with van der Waals surface area (Å²) in [6.45, 7) is 8.60. The molecule has 5 nitrogen and oxygen atoms in total. The zero-order valence-corrected chi connectivity index (χ0v) is 18.8. The number of ether oxygens (including phenoxy) is 2. The van der Waals surface area contributed by atoms with Crippen molar-refractivity contribution in [3.8, 4) is 5.75 Å². The number of allylic oxidation sites excluding steroid dienone is 1. The Morgan fingerprint density at radius 2 is 1.94 bits per heavy atom. The number of esters is 1. The first-order valence-corrected chi connectivity index (χ1v) is 11.3. The molecule has 2 saturated carbocycles. The van der Waals surface area contributed by atoms with Crippen molar-refractivity contribution in [3.63, 3.8) is 0 Å². The van der Waals surface area contributed by atoms with Gasteiger partial charge in [-0.25, -0.2) is 9.18 Å². The molecular formula is C25H34FNO4. The average Bonchev–Trinajstić information content (AvgIpc) is 3.67. The molecule has 2 fully saturated rings. The van der Waals surface area contributed by atoms with Gasteiger partial charge >= 0.3 is 5.97 Å². The first kappa shape index (κ1) is 23.3. The summed E-state index contributed by atoms with van der Waals surface area (Å²) in [4.78, 5) is 24.8. The van der Waals surface area contributed by atoms with Gasteiger partial charge in [-0.05, 0) is 68.4 Å². The van der Waals surface area contributed by atoms with E-state index < -0.39 is 23.7 Å². The molecule has 170 valence electrons. The topological polar surface area (TPSA) is 64.6 Å². The van der Waals surface area contributed by atoms with Gasteiger partial charge in [-0.2, -0.15) is 0 Å². The van der Waals surface area contributed by atoms with E-state index in [1.807, 2.05) is 6.08 Å². The second-order valence-corrected chi connectivity index (χ2v) is 8.94. The number of hydrogen-bond acceptors (Lipinski definition) is 4. The molecular weight excluding hydrogens is 397 g/mol. The average molecular weight is 432 g/mol. The molecule has 0 radical (unpaired) electrons. The molecule has 1 atom stereocenters.